The molecule has 0 unspecified atom stereocenters. The van der Waals surface area contributed by atoms with Crippen LogP contribution in [-0.2, 0) is 14.3 Å². The molecule has 2 aliphatic rings. The number of hydrogen-bond donors (Lipinski definition) is 0. The maximum Gasteiger partial charge on any atom is 0.410 e. The van der Waals surface area contributed by atoms with Gasteiger partial charge in [0.05, 0.1) is 6.04 Å². The average molecular weight is 446 g/mol. The predicted octanol–water partition coefficient (Wildman–Crippen LogP) is 5.02. The number of nitrogens with zero attached hydrogens (tertiary/aromatic N) is 1. The summed E-state index contributed by atoms with van der Waals surface area (Å²) >= 11 is 0. The van der Waals surface area contributed by atoms with E-state index in [-0.39, 0.29) is 64.7 Å². The maximum atomic E-state index is 11.7. The number of carbonyl (C=O) groups is 3. The van der Waals surface area contributed by atoms with E-state index in [1.165, 1.54) is 24.7 Å². The zero-order chi connectivity index (χ0) is 17.6. The summed E-state index contributed by atoms with van der Waals surface area (Å²) < 4.78 is 5.24. The molecule has 164 valence electrons. The molecule has 27 heavy (non-hydrogen) atoms. The van der Waals surface area contributed by atoms with Gasteiger partial charge in [-0.05, 0) is 60.3 Å². The minimum Gasteiger partial charge on any atom is -0.444 e. The Morgan fingerprint density at radius 3 is 1.70 bits per heavy atom. The zero-order valence-corrected chi connectivity index (χ0v) is 19.4. The first-order chi connectivity index (χ1) is 10.6. The average Bonchev–Trinajstić information content (AvgIpc) is 3.09. The van der Waals surface area contributed by atoms with Crippen LogP contribution in [0.1, 0.15) is 80.6 Å². The normalized spacial score (nSPS) is 18.4. The number of ketones is 2. The van der Waals surface area contributed by atoms with Crippen LogP contribution in [-0.4, -0.2) is 40.7 Å². The number of rotatable bonds is 2. The molecule has 0 aromatic heterocycles. The number of amides is 1. The molecular formula is C19H40ClNO4S2. The van der Waals surface area contributed by atoms with E-state index in [4.69, 9.17) is 4.74 Å². The first-order valence-corrected chi connectivity index (χ1v) is 8.62. The van der Waals surface area contributed by atoms with Crippen LogP contribution < -0.4 is 0 Å². The van der Waals surface area contributed by atoms with Gasteiger partial charge in [0.15, 0.2) is 5.78 Å². The van der Waals surface area contributed by atoms with Crippen LogP contribution >= 0.6 is 39.4 Å². The van der Waals surface area contributed by atoms with Gasteiger partial charge < -0.3 is 4.74 Å². The van der Waals surface area contributed by atoms with Crippen LogP contribution in [0.2, 0.25) is 0 Å². The van der Waals surface area contributed by atoms with Crippen LogP contribution in [0.5, 0.6) is 0 Å². The molecule has 0 aromatic rings. The van der Waals surface area contributed by atoms with E-state index >= 15 is 0 Å². The fourth-order valence-corrected chi connectivity index (χ4v) is 3.06. The van der Waals surface area contributed by atoms with Gasteiger partial charge in [0.1, 0.15) is 11.4 Å². The summed E-state index contributed by atoms with van der Waals surface area (Å²) in [6.45, 7) is 9.32. The fourth-order valence-electron chi connectivity index (χ4n) is 3.06. The topological polar surface area (TPSA) is 63.7 Å². The van der Waals surface area contributed by atoms with Gasteiger partial charge in [-0.15, -0.1) is 12.4 Å². The Morgan fingerprint density at radius 1 is 0.889 bits per heavy atom. The molecule has 0 bridgehead atoms. The lowest BCUT2D eigenvalue weighted by atomic mass is 10.0. The number of ether oxygens (including phenoxy) is 1. The van der Waals surface area contributed by atoms with Crippen LogP contribution in [0, 0.1) is 5.92 Å². The molecule has 1 amide bonds. The largest absolute Gasteiger partial charge is 0.444 e. The molecule has 1 saturated heterocycles. The van der Waals surface area contributed by atoms with Crippen LogP contribution in [0.4, 0.5) is 4.79 Å². The smallest absolute Gasteiger partial charge is 0.410 e. The van der Waals surface area contributed by atoms with Gasteiger partial charge in [-0.3, -0.25) is 14.5 Å². The summed E-state index contributed by atoms with van der Waals surface area (Å²) in [7, 11) is 0. The van der Waals surface area contributed by atoms with Crippen molar-refractivity contribution in [2.45, 2.75) is 92.2 Å². The lowest BCUT2D eigenvalue weighted by Crippen LogP contribution is -2.42. The van der Waals surface area contributed by atoms with E-state index in [0.29, 0.717) is 18.2 Å². The third-order valence-electron chi connectivity index (χ3n) is 4.28. The molecule has 0 N–H and O–H groups in total. The van der Waals surface area contributed by atoms with E-state index in [2.05, 4.69) is 0 Å². The summed E-state index contributed by atoms with van der Waals surface area (Å²) in [6, 6.07) is -0.278. The summed E-state index contributed by atoms with van der Waals surface area (Å²) in [5.41, 5.74) is -0.499. The van der Waals surface area contributed by atoms with Crippen molar-refractivity contribution in [1.29, 1.82) is 0 Å². The van der Waals surface area contributed by atoms with Crippen LogP contribution in [0.15, 0.2) is 0 Å². The molecular weight excluding hydrogens is 406 g/mol. The first kappa shape index (κ1) is 34.1. The maximum absolute atomic E-state index is 11.7. The Morgan fingerprint density at radius 2 is 1.37 bits per heavy atom. The standard InChI is InChI=1S/C11H19NO3.C7H12O.CH4.ClH.2H2S/c1-8(13)9-6-5-7-12(9)10(14)15-11(2,3)4;1-6(8)7-4-2-3-5-7;;;;/h9H,5-7H2,1-4H3;7H,2-5H2,1H3;1H4;1H;2*1H2/t9-;;;;;/m0...../s1. The predicted molar refractivity (Wildman–Crippen MR) is 124 cm³/mol. The van der Waals surface area contributed by atoms with Crippen LogP contribution in [0.25, 0.3) is 0 Å². The number of Topliss-reactive ketones (excluding diaryl/α,β-unsaturated/α-hetero) is 2. The van der Waals surface area contributed by atoms with Crippen molar-refractivity contribution in [1.82, 2.24) is 4.90 Å². The first-order valence-electron chi connectivity index (χ1n) is 8.62. The van der Waals surface area contributed by atoms with Gasteiger partial charge in [-0.1, -0.05) is 20.3 Å². The third-order valence-corrected chi connectivity index (χ3v) is 4.28. The van der Waals surface area contributed by atoms with Crippen molar-refractivity contribution < 1.29 is 19.1 Å². The number of halogens is 1. The fraction of sp³-hybridized carbons (Fsp3) is 0.842. The Labute approximate surface area is 185 Å². The second-order valence-electron chi connectivity index (χ2n) is 7.53. The van der Waals surface area contributed by atoms with E-state index in [1.54, 1.807) is 6.92 Å². The van der Waals surface area contributed by atoms with Crippen molar-refractivity contribution in [2.24, 2.45) is 5.92 Å². The third kappa shape index (κ3) is 12.6. The Balaban J connectivity index is -0.000000192. The van der Waals surface area contributed by atoms with Crippen LogP contribution in [0.3, 0.4) is 0 Å². The molecule has 1 heterocycles. The summed E-state index contributed by atoms with van der Waals surface area (Å²) in [5, 5.41) is 0. The molecule has 1 aliphatic heterocycles. The minimum absolute atomic E-state index is 0. The molecule has 2 fully saturated rings. The molecule has 0 aromatic carbocycles. The summed E-state index contributed by atoms with van der Waals surface area (Å²) in [6.07, 6.45) is 6.09. The van der Waals surface area contributed by atoms with Gasteiger partial charge in [0, 0.05) is 12.5 Å². The monoisotopic (exact) mass is 445 g/mol. The molecule has 5 nitrogen and oxygen atoms in total. The highest BCUT2D eigenvalue weighted by atomic mass is 35.5. The Bertz CT molecular complexity index is 449. The van der Waals surface area contributed by atoms with Crippen molar-refractivity contribution in [3.05, 3.63) is 0 Å². The van der Waals surface area contributed by atoms with E-state index in [0.717, 1.165) is 25.7 Å². The second-order valence-corrected chi connectivity index (χ2v) is 7.53. The zero-order valence-electron chi connectivity index (χ0n) is 16.6. The highest BCUT2D eigenvalue weighted by molar-refractivity contribution is 7.59. The Hall–Kier alpha value is -0.400. The molecule has 2 rings (SSSR count). The Kier molecular flexibility index (Phi) is 19.6. The van der Waals surface area contributed by atoms with Gasteiger partial charge in [0.25, 0.3) is 0 Å². The minimum atomic E-state index is -0.499. The van der Waals surface area contributed by atoms with Crippen molar-refractivity contribution in [2.75, 3.05) is 6.54 Å². The van der Waals surface area contributed by atoms with E-state index in [9.17, 15) is 14.4 Å². The SMILES string of the molecule is C.CC(=O)C1CCCC1.CC(=O)[C@@H]1CCCN1C(=O)OC(C)(C)C.Cl.S.S. The summed E-state index contributed by atoms with van der Waals surface area (Å²) in [5.74, 6) is 0.857. The molecule has 1 aliphatic carbocycles. The number of carbonyl (C=O) groups excluding carboxylic acids is 3. The number of likely N-dealkylation sites (tertiary alicyclic amines) is 1. The van der Waals surface area contributed by atoms with E-state index in [1.807, 2.05) is 20.8 Å². The van der Waals surface area contributed by atoms with Gasteiger partial charge in [0.2, 0.25) is 0 Å². The van der Waals surface area contributed by atoms with Crippen molar-refractivity contribution in [3.8, 4) is 0 Å². The van der Waals surface area contributed by atoms with E-state index < -0.39 is 5.60 Å². The highest BCUT2D eigenvalue weighted by Gasteiger charge is 2.34. The molecule has 8 heteroatoms. The second kappa shape index (κ2) is 15.5. The number of hydrogen-bond acceptors (Lipinski definition) is 4. The van der Waals surface area contributed by atoms with Gasteiger partial charge >= 0.3 is 6.09 Å². The lowest BCUT2D eigenvalue weighted by molar-refractivity contribution is -0.121. The van der Waals surface area contributed by atoms with Crippen molar-refractivity contribution >= 4 is 57.1 Å². The summed E-state index contributed by atoms with van der Waals surface area (Å²) in [4.78, 5) is 35.2. The molecule has 1 atom stereocenters. The molecule has 0 radical (unpaired) electrons. The molecule has 1 saturated carbocycles. The van der Waals surface area contributed by atoms with Gasteiger partial charge in [-0.2, -0.15) is 27.0 Å². The quantitative estimate of drug-likeness (QED) is 0.598. The van der Waals surface area contributed by atoms with Gasteiger partial charge in [-0.25, -0.2) is 4.79 Å². The highest BCUT2D eigenvalue weighted by Crippen LogP contribution is 2.24. The lowest BCUT2D eigenvalue weighted by Gasteiger charge is -2.27. The molecule has 0 spiro atoms. The van der Waals surface area contributed by atoms with Crippen molar-refractivity contribution in [3.63, 3.8) is 0 Å².